The number of aromatic hydroxyl groups is 1. The molecule has 0 bridgehead atoms. The molecule has 0 atom stereocenters. The first-order valence-corrected chi connectivity index (χ1v) is 7.06. The van der Waals surface area contributed by atoms with Crippen molar-refractivity contribution in [3.8, 4) is 5.75 Å². The summed E-state index contributed by atoms with van der Waals surface area (Å²) in [6.45, 7) is 1.91. The van der Waals surface area contributed by atoms with Crippen LogP contribution in [0.15, 0.2) is 42.5 Å². The van der Waals surface area contributed by atoms with E-state index in [1.165, 1.54) is 0 Å². The minimum absolute atomic E-state index is 0.0205. The summed E-state index contributed by atoms with van der Waals surface area (Å²) in [6.07, 6.45) is 1.08. The largest absolute Gasteiger partial charge is 0.507 e. The van der Waals surface area contributed by atoms with E-state index in [0.717, 1.165) is 16.8 Å². The van der Waals surface area contributed by atoms with Crippen LogP contribution in [-0.2, 0) is 6.42 Å². The Labute approximate surface area is 125 Å². The number of benzene rings is 2. The minimum Gasteiger partial charge on any atom is -0.507 e. The second kappa shape index (κ2) is 6.44. The quantitative estimate of drug-likeness (QED) is 0.853. The average Bonchev–Trinajstić information content (AvgIpc) is 2.47. The molecule has 2 rings (SSSR count). The summed E-state index contributed by atoms with van der Waals surface area (Å²) in [6, 6.07) is 13.3. The predicted molar refractivity (Wildman–Crippen MR) is 86.3 cm³/mol. The molecule has 0 fully saturated rings. The molecule has 0 aliphatic heterocycles. The van der Waals surface area contributed by atoms with Crippen LogP contribution in [0.5, 0.6) is 5.75 Å². The Kier molecular flexibility index (Phi) is 4.63. The van der Waals surface area contributed by atoms with Crippen LogP contribution in [0.3, 0.4) is 0 Å². The van der Waals surface area contributed by atoms with Crippen molar-refractivity contribution in [3.63, 3.8) is 0 Å². The van der Waals surface area contributed by atoms with Gasteiger partial charge in [-0.3, -0.25) is 4.79 Å². The van der Waals surface area contributed by atoms with Crippen molar-refractivity contribution < 1.29 is 9.90 Å². The molecule has 0 aliphatic carbocycles. The number of phenolic OH excluding ortho intramolecular Hbond substituents is 1. The first-order chi connectivity index (χ1) is 9.97. The van der Waals surface area contributed by atoms with Gasteiger partial charge in [0.15, 0.2) is 5.78 Å². The molecule has 1 N–H and O–H groups in total. The Bertz CT molecular complexity index is 630. The number of anilines is 1. The monoisotopic (exact) mass is 283 g/mol. The van der Waals surface area contributed by atoms with Gasteiger partial charge in [-0.1, -0.05) is 23.8 Å². The maximum absolute atomic E-state index is 12.2. The number of nitrogens with zero attached hydrogens (tertiary/aromatic N) is 1. The molecule has 110 valence electrons. The molecule has 21 heavy (non-hydrogen) atoms. The molecule has 0 spiro atoms. The number of phenols is 1. The van der Waals surface area contributed by atoms with E-state index in [9.17, 15) is 9.90 Å². The van der Waals surface area contributed by atoms with E-state index in [1.54, 1.807) is 18.2 Å². The fraction of sp³-hybridized carbons (Fsp3) is 0.278. The number of carbonyl (C=O) groups excluding carboxylic acids is 1. The van der Waals surface area contributed by atoms with Crippen LogP contribution in [-0.4, -0.2) is 25.0 Å². The molecule has 0 heterocycles. The summed E-state index contributed by atoms with van der Waals surface area (Å²) in [7, 11) is 4.00. The number of rotatable bonds is 5. The van der Waals surface area contributed by atoms with E-state index in [4.69, 9.17) is 0 Å². The highest BCUT2D eigenvalue weighted by atomic mass is 16.3. The Morgan fingerprint density at radius 2 is 1.76 bits per heavy atom. The van der Waals surface area contributed by atoms with Gasteiger partial charge in [0.05, 0.1) is 5.56 Å². The van der Waals surface area contributed by atoms with E-state index >= 15 is 0 Å². The van der Waals surface area contributed by atoms with Gasteiger partial charge in [0.1, 0.15) is 5.75 Å². The van der Waals surface area contributed by atoms with E-state index in [2.05, 4.69) is 0 Å². The second-order valence-electron chi connectivity index (χ2n) is 5.50. The summed E-state index contributed by atoms with van der Waals surface area (Å²) in [5, 5.41) is 9.77. The van der Waals surface area contributed by atoms with Gasteiger partial charge in [-0.15, -0.1) is 0 Å². The molecular weight excluding hydrogens is 262 g/mol. The van der Waals surface area contributed by atoms with Crippen molar-refractivity contribution in [3.05, 3.63) is 59.2 Å². The Hall–Kier alpha value is -2.29. The minimum atomic E-state index is -0.0205. The normalized spacial score (nSPS) is 10.4. The highest BCUT2D eigenvalue weighted by molar-refractivity contribution is 5.98. The van der Waals surface area contributed by atoms with Crippen molar-refractivity contribution >= 4 is 11.5 Å². The van der Waals surface area contributed by atoms with Crippen molar-refractivity contribution in [2.75, 3.05) is 19.0 Å². The molecule has 0 aliphatic rings. The zero-order valence-electron chi connectivity index (χ0n) is 12.8. The highest BCUT2D eigenvalue weighted by Gasteiger charge is 2.11. The van der Waals surface area contributed by atoms with Gasteiger partial charge in [-0.2, -0.15) is 0 Å². The predicted octanol–water partition coefficient (Wildman–Crippen LogP) is 3.58. The lowest BCUT2D eigenvalue weighted by Crippen LogP contribution is -2.08. The highest BCUT2D eigenvalue weighted by Crippen LogP contribution is 2.21. The Balaban J connectivity index is 2.02. The maximum Gasteiger partial charge on any atom is 0.166 e. The van der Waals surface area contributed by atoms with Gasteiger partial charge >= 0.3 is 0 Å². The van der Waals surface area contributed by atoms with Gasteiger partial charge in [-0.25, -0.2) is 0 Å². The van der Waals surface area contributed by atoms with Crippen LogP contribution < -0.4 is 4.90 Å². The molecular formula is C18H21NO2. The molecule has 2 aromatic carbocycles. The molecule has 0 saturated carbocycles. The first kappa shape index (κ1) is 15.1. The van der Waals surface area contributed by atoms with Crippen molar-refractivity contribution in [1.82, 2.24) is 0 Å². The van der Waals surface area contributed by atoms with Crippen LogP contribution in [0.2, 0.25) is 0 Å². The topological polar surface area (TPSA) is 40.5 Å². The number of ketones is 1. The summed E-state index contributed by atoms with van der Waals surface area (Å²) in [4.78, 5) is 14.2. The number of carbonyl (C=O) groups is 1. The fourth-order valence-electron chi connectivity index (χ4n) is 2.23. The van der Waals surface area contributed by atoms with E-state index in [1.807, 2.05) is 50.2 Å². The summed E-state index contributed by atoms with van der Waals surface area (Å²) >= 11 is 0. The lowest BCUT2D eigenvalue weighted by atomic mass is 10.0. The van der Waals surface area contributed by atoms with Gasteiger partial charge in [0.25, 0.3) is 0 Å². The number of hydrogen-bond donors (Lipinski definition) is 1. The molecule has 0 radical (unpaired) electrons. The fourth-order valence-corrected chi connectivity index (χ4v) is 2.23. The zero-order chi connectivity index (χ0) is 15.4. The Morgan fingerprint density at radius 1 is 1.10 bits per heavy atom. The van der Waals surface area contributed by atoms with E-state index in [-0.39, 0.29) is 11.5 Å². The third kappa shape index (κ3) is 3.85. The standard InChI is InChI=1S/C18H21NO2/c1-13-4-10-17(20)16(12-13)18(21)11-7-14-5-8-15(9-6-14)19(2)3/h4-6,8-10,12,20H,7,11H2,1-3H3. The van der Waals surface area contributed by atoms with Gasteiger partial charge < -0.3 is 10.0 Å². The van der Waals surface area contributed by atoms with Gasteiger partial charge in [0, 0.05) is 26.2 Å². The van der Waals surface area contributed by atoms with Crippen LogP contribution >= 0.6 is 0 Å². The molecule has 2 aromatic rings. The summed E-state index contributed by atoms with van der Waals surface area (Å²) < 4.78 is 0. The molecule has 0 saturated heterocycles. The molecule has 0 unspecified atom stereocenters. The van der Waals surface area contributed by atoms with E-state index in [0.29, 0.717) is 18.4 Å². The van der Waals surface area contributed by atoms with Crippen molar-refractivity contribution in [2.45, 2.75) is 19.8 Å². The second-order valence-corrected chi connectivity index (χ2v) is 5.50. The third-order valence-corrected chi connectivity index (χ3v) is 3.55. The lowest BCUT2D eigenvalue weighted by Gasteiger charge is -2.12. The molecule has 0 aromatic heterocycles. The SMILES string of the molecule is Cc1ccc(O)c(C(=O)CCc2ccc(N(C)C)cc2)c1. The molecule has 0 amide bonds. The van der Waals surface area contributed by atoms with Crippen LogP contribution in [0.4, 0.5) is 5.69 Å². The lowest BCUT2D eigenvalue weighted by molar-refractivity contribution is 0.0980. The average molecular weight is 283 g/mol. The third-order valence-electron chi connectivity index (χ3n) is 3.55. The number of hydrogen-bond acceptors (Lipinski definition) is 3. The van der Waals surface area contributed by atoms with Crippen LogP contribution in [0.25, 0.3) is 0 Å². The summed E-state index contributed by atoms with van der Waals surface area (Å²) in [5.74, 6) is 0.0430. The van der Waals surface area contributed by atoms with Crippen molar-refractivity contribution in [1.29, 1.82) is 0 Å². The molecule has 3 heteroatoms. The number of aryl methyl sites for hydroxylation is 2. The molecule has 3 nitrogen and oxygen atoms in total. The van der Waals surface area contributed by atoms with Crippen LogP contribution in [0, 0.1) is 6.92 Å². The summed E-state index contributed by atoms with van der Waals surface area (Å²) in [5.41, 5.74) is 3.66. The first-order valence-electron chi connectivity index (χ1n) is 7.06. The van der Waals surface area contributed by atoms with Crippen molar-refractivity contribution in [2.24, 2.45) is 0 Å². The van der Waals surface area contributed by atoms with Gasteiger partial charge in [-0.05, 0) is 43.2 Å². The maximum atomic E-state index is 12.2. The van der Waals surface area contributed by atoms with Gasteiger partial charge in [0.2, 0.25) is 0 Å². The smallest absolute Gasteiger partial charge is 0.166 e. The number of Topliss-reactive ketones (excluding diaryl/α,β-unsaturated/α-hetero) is 1. The zero-order valence-corrected chi connectivity index (χ0v) is 12.8. The Morgan fingerprint density at radius 3 is 2.38 bits per heavy atom. The van der Waals surface area contributed by atoms with E-state index < -0.39 is 0 Å². The van der Waals surface area contributed by atoms with Crippen LogP contribution in [0.1, 0.15) is 27.9 Å².